The Morgan fingerprint density at radius 3 is 2.70 bits per heavy atom. The summed E-state index contributed by atoms with van der Waals surface area (Å²) in [5, 5.41) is 3.05. The van der Waals surface area contributed by atoms with E-state index in [1.165, 1.54) is 6.42 Å². The Bertz CT molecular complexity index is 968. The molecule has 2 fully saturated rings. The van der Waals surface area contributed by atoms with Crippen LogP contribution in [0.2, 0.25) is 0 Å². The Hall–Kier alpha value is -2.95. The first kappa shape index (κ1) is 23.2. The van der Waals surface area contributed by atoms with Gasteiger partial charge in [0.1, 0.15) is 0 Å². The smallest absolute Gasteiger partial charge is 0.228 e. The fraction of sp³-hybridized carbons (Fsp3) is 0.464. The van der Waals surface area contributed by atoms with E-state index in [1.807, 2.05) is 29.3 Å². The first-order chi connectivity index (χ1) is 16.1. The molecule has 1 N–H and O–H groups in total. The Morgan fingerprint density at radius 1 is 1.12 bits per heavy atom. The molecule has 0 radical (unpaired) electrons. The van der Waals surface area contributed by atoms with Gasteiger partial charge in [-0.25, -0.2) is 0 Å². The minimum atomic E-state index is -0.649. The Labute approximate surface area is 197 Å². The third-order valence-corrected chi connectivity index (χ3v) is 7.25. The number of benzene rings is 1. The molecule has 1 aliphatic heterocycles. The number of amides is 2. The van der Waals surface area contributed by atoms with Crippen molar-refractivity contribution in [3.63, 3.8) is 0 Å². The summed E-state index contributed by atoms with van der Waals surface area (Å²) in [4.78, 5) is 33.2. The van der Waals surface area contributed by atoms with Gasteiger partial charge < -0.3 is 10.2 Å². The molecule has 2 aromatic rings. The molecule has 0 unspecified atom stereocenters. The molecule has 33 heavy (non-hydrogen) atoms. The number of nitrogens with zero attached hydrogens (tertiary/aromatic N) is 2. The maximum absolute atomic E-state index is 13.6. The number of nitrogens with one attached hydrogen (secondary N) is 1. The summed E-state index contributed by atoms with van der Waals surface area (Å²) in [6.07, 6.45) is 13.0. The second kappa shape index (κ2) is 10.8. The summed E-state index contributed by atoms with van der Waals surface area (Å²) in [5.74, 6) is 0.383. The van der Waals surface area contributed by atoms with Gasteiger partial charge in [-0.2, -0.15) is 0 Å². The standard InChI is InChI=1S/C28H35N3O2/c1-2-16-30-27(33)28(15-9-18-31(21-28)26(32)22-10-4-3-5-11-22)19-23-12-6-7-14-25(23)24-13-8-17-29-20-24/h2,6-8,12-14,17,20,22H,1,3-5,9-11,15-16,18-19,21H2,(H,30,33)/t28-/m0/s1. The van der Waals surface area contributed by atoms with Crippen LogP contribution in [0.3, 0.4) is 0 Å². The molecule has 174 valence electrons. The molecule has 1 aromatic heterocycles. The van der Waals surface area contributed by atoms with Gasteiger partial charge in [-0.1, -0.05) is 55.7 Å². The second-order valence-electron chi connectivity index (χ2n) is 9.55. The fourth-order valence-corrected chi connectivity index (χ4v) is 5.53. The largest absolute Gasteiger partial charge is 0.352 e. The number of rotatable bonds is 7. The van der Waals surface area contributed by atoms with Crippen LogP contribution in [0, 0.1) is 11.3 Å². The number of likely N-dealkylation sites (tertiary alicyclic amines) is 1. The summed E-state index contributed by atoms with van der Waals surface area (Å²) in [6, 6.07) is 12.2. The third-order valence-electron chi connectivity index (χ3n) is 7.25. The number of pyridine rings is 1. The maximum atomic E-state index is 13.6. The van der Waals surface area contributed by atoms with Crippen LogP contribution >= 0.6 is 0 Å². The number of hydrogen-bond donors (Lipinski definition) is 1. The van der Waals surface area contributed by atoms with Crippen LogP contribution < -0.4 is 5.32 Å². The van der Waals surface area contributed by atoms with Gasteiger partial charge >= 0.3 is 0 Å². The molecule has 1 saturated carbocycles. The Kier molecular flexibility index (Phi) is 7.58. The highest BCUT2D eigenvalue weighted by molar-refractivity contribution is 5.86. The minimum absolute atomic E-state index is 0.0181. The van der Waals surface area contributed by atoms with Gasteiger partial charge in [-0.05, 0) is 49.3 Å². The molecule has 1 aliphatic carbocycles. The molecule has 2 heterocycles. The van der Waals surface area contributed by atoms with Gasteiger partial charge in [0.2, 0.25) is 11.8 Å². The van der Waals surface area contributed by atoms with Gasteiger partial charge in [-0.3, -0.25) is 14.6 Å². The monoisotopic (exact) mass is 445 g/mol. The zero-order valence-electron chi connectivity index (χ0n) is 19.5. The van der Waals surface area contributed by atoms with Gasteiger partial charge in [0, 0.05) is 43.5 Å². The van der Waals surface area contributed by atoms with Crippen LogP contribution in [0.1, 0.15) is 50.5 Å². The maximum Gasteiger partial charge on any atom is 0.228 e. The van der Waals surface area contributed by atoms with Crippen molar-refractivity contribution in [2.45, 2.75) is 51.4 Å². The molecule has 0 spiro atoms. The van der Waals surface area contributed by atoms with Crippen LogP contribution in [-0.2, 0) is 16.0 Å². The van der Waals surface area contributed by atoms with Crippen molar-refractivity contribution in [2.24, 2.45) is 11.3 Å². The van der Waals surface area contributed by atoms with Gasteiger partial charge in [0.05, 0.1) is 5.41 Å². The number of aromatic nitrogens is 1. The van der Waals surface area contributed by atoms with Crippen LogP contribution in [0.5, 0.6) is 0 Å². The SMILES string of the molecule is C=CCNC(=O)[C@]1(Cc2ccccc2-c2cccnc2)CCCN(C(=O)C2CCCCC2)C1. The van der Waals surface area contributed by atoms with Crippen LogP contribution in [-0.4, -0.2) is 41.3 Å². The number of piperidine rings is 1. The van der Waals surface area contributed by atoms with E-state index in [0.717, 1.165) is 61.8 Å². The zero-order valence-corrected chi connectivity index (χ0v) is 19.5. The van der Waals surface area contributed by atoms with E-state index < -0.39 is 5.41 Å². The first-order valence-corrected chi connectivity index (χ1v) is 12.3. The lowest BCUT2D eigenvalue weighted by Gasteiger charge is -2.43. The molecule has 5 nitrogen and oxygen atoms in total. The van der Waals surface area contributed by atoms with Gasteiger partial charge in [0.25, 0.3) is 0 Å². The molecular formula is C28H35N3O2. The van der Waals surface area contributed by atoms with Gasteiger partial charge in [0.15, 0.2) is 0 Å². The predicted molar refractivity (Wildman–Crippen MR) is 131 cm³/mol. The average molecular weight is 446 g/mol. The molecule has 1 atom stereocenters. The second-order valence-corrected chi connectivity index (χ2v) is 9.55. The van der Waals surface area contributed by atoms with Crippen molar-refractivity contribution >= 4 is 11.8 Å². The van der Waals surface area contributed by atoms with E-state index in [1.54, 1.807) is 12.3 Å². The molecule has 0 bridgehead atoms. The fourth-order valence-electron chi connectivity index (χ4n) is 5.53. The predicted octanol–water partition coefficient (Wildman–Crippen LogP) is 4.78. The molecule has 1 saturated heterocycles. The van der Waals surface area contributed by atoms with Crippen LogP contribution in [0.4, 0.5) is 0 Å². The van der Waals surface area contributed by atoms with Crippen molar-refractivity contribution in [1.82, 2.24) is 15.2 Å². The highest BCUT2D eigenvalue weighted by Crippen LogP contribution is 2.38. The van der Waals surface area contributed by atoms with E-state index in [2.05, 4.69) is 35.1 Å². The number of hydrogen-bond acceptors (Lipinski definition) is 3. The summed E-state index contributed by atoms with van der Waals surface area (Å²) >= 11 is 0. The normalized spacial score (nSPS) is 21.4. The summed E-state index contributed by atoms with van der Waals surface area (Å²) in [7, 11) is 0. The number of carbonyl (C=O) groups is 2. The average Bonchev–Trinajstić information content (AvgIpc) is 2.88. The highest BCUT2D eigenvalue weighted by atomic mass is 16.2. The van der Waals surface area contributed by atoms with Crippen molar-refractivity contribution in [3.8, 4) is 11.1 Å². The molecule has 4 rings (SSSR count). The van der Waals surface area contributed by atoms with Crippen LogP contribution in [0.25, 0.3) is 11.1 Å². The molecule has 2 aliphatic rings. The third kappa shape index (κ3) is 5.35. The molecule has 5 heteroatoms. The summed E-state index contributed by atoms with van der Waals surface area (Å²) < 4.78 is 0. The van der Waals surface area contributed by atoms with Crippen molar-refractivity contribution in [1.29, 1.82) is 0 Å². The van der Waals surface area contributed by atoms with Crippen molar-refractivity contribution < 1.29 is 9.59 Å². The lowest BCUT2D eigenvalue weighted by Crippen LogP contribution is -2.55. The lowest BCUT2D eigenvalue weighted by atomic mass is 9.72. The minimum Gasteiger partial charge on any atom is -0.352 e. The van der Waals surface area contributed by atoms with Crippen molar-refractivity contribution in [3.05, 3.63) is 67.0 Å². The summed E-state index contributed by atoms with van der Waals surface area (Å²) in [6.45, 7) is 5.41. The molecule has 1 aromatic carbocycles. The van der Waals surface area contributed by atoms with Crippen LogP contribution in [0.15, 0.2) is 61.4 Å². The lowest BCUT2D eigenvalue weighted by molar-refractivity contribution is -0.145. The van der Waals surface area contributed by atoms with E-state index in [9.17, 15) is 9.59 Å². The topological polar surface area (TPSA) is 62.3 Å². The molecule has 2 amide bonds. The van der Waals surface area contributed by atoms with E-state index >= 15 is 0 Å². The first-order valence-electron chi connectivity index (χ1n) is 12.3. The Balaban J connectivity index is 1.64. The summed E-state index contributed by atoms with van der Waals surface area (Å²) in [5.41, 5.74) is 2.60. The van der Waals surface area contributed by atoms with E-state index in [4.69, 9.17) is 0 Å². The highest BCUT2D eigenvalue weighted by Gasteiger charge is 2.44. The van der Waals surface area contributed by atoms with Crippen molar-refractivity contribution in [2.75, 3.05) is 19.6 Å². The van der Waals surface area contributed by atoms with E-state index in [-0.39, 0.29) is 17.7 Å². The zero-order chi connectivity index (χ0) is 23.1. The molecular weight excluding hydrogens is 410 g/mol. The quantitative estimate of drug-likeness (QED) is 0.624. The van der Waals surface area contributed by atoms with Gasteiger partial charge in [-0.15, -0.1) is 6.58 Å². The van der Waals surface area contributed by atoms with E-state index in [0.29, 0.717) is 19.5 Å². The number of carbonyl (C=O) groups excluding carboxylic acids is 2. The Morgan fingerprint density at radius 2 is 1.94 bits per heavy atom.